The van der Waals surface area contributed by atoms with Gasteiger partial charge in [0.05, 0.1) is 6.04 Å². The minimum atomic E-state index is -0.215. The van der Waals surface area contributed by atoms with E-state index in [4.69, 9.17) is 11.6 Å². The average Bonchev–Trinajstić information content (AvgIpc) is 2.93. The lowest BCUT2D eigenvalue weighted by Crippen LogP contribution is -2.38. The molecule has 0 aliphatic carbocycles. The fourth-order valence-electron chi connectivity index (χ4n) is 1.96. The lowest BCUT2D eigenvalue weighted by atomic mass is 10.3. The number of nitrogens with one attached hydrogen (secondary N) is 2. The van der Waals surface area contributed by atoms with Gasteiger partial charge in [-0.05, 0) is 24.6 Å². The number of thioether (sulfide) groups is 1. The second-order valence-corrected chi connectivity index (χ2v) is 6.45. The number of hydrogen-bond acceptors (Lipinski definition) is 5. The minimum Gasteiger partial charge on any atom is -0.337 e. The van der Waals surface area contributed by atoms with Gasteiger partial charge in [0.2, 0.25) is 0 Å². The number of urea groups is 1. The van der Waals surface area contributed by atoms with Gasteiger partial charge in [-0.3, -0.25) is 0 Å². The number of halogens is 1. The summed E-state index contributed by atoms with van der Waals surface area (Å²) < 4.78 is 1.78. The Morgan fingerprint density at radius 1 is 1.52 bits per heavy atom. The van der Waals surface area contributed by atoms with Crippen LogP contribution in [0.5, 0.6) is 0 Å². The van der Waals surface area contributed by atoms with Crippen LogP contribution in [0.4, 0.5) is 4.79 Å². The average molecular weight is 355 g/mol. The SMILES string of the molecule is C[C@H](NC(=O)NCCSCc1ccnc(Cl)c1)c1nncn1C. The third-order valence-corrected chi connectivity index (χ3v) is 4.31. The maximum Gasteiger partial charge on any atom is 0.315 e. The van der Waals surface area contributed by atoms with Crippen molar-refractivity contribution >= 4 is 29.4 Å². The second-order valence-electron chi connectivity index (χ2n) is 4.96. The summed E-state index contributed by atoms with van der Waals surface area (Å²) in [5.74, 6) is 2.36. The number of pyridine rings is 1. The van der Waals surface area contributed by atoms with Crippen LogP contribution in [0, 0.1) is 0 Å². The molecule has 2 heterocycles. The van der Waals surface area contributed by atoms with Crippen molar-refractivity contribution in [2.75, 3.05) is 12.3 Å². The van der Waals surface area contributed by atoms with Gasteiger partial charge in [-0.15, -0.1) is 10.2 Å². The molecule has 0 unspecified atom stereocenters. The molecular formula is C14H19ClN6OS. The molecule has 0 aliphatic heterocycles. The molecule has 2 N–H and O–H groups in total. The third-order valence-electron chi connectivity index (χ3n) is 3.07. The highest BCUT2D eigenvalue weighted by molar-refractivity contribution is 7.98. The first-order valence-corrected chi connectivity index (χ1v) is 8.66. The van der Waals surface area contributed by atoms with Gasteiger partial charge in [-0.1, -0.05) is 11.6 Å². The Morgan fingerprint density at radius 2 is 2.35 bits per heavy atom. The van der Waals surface area contributed by atoms with E-state index in [1.165, 1.54) is 0 Å². The standard InChI is InChI=1S/C14H19ClN6OS/c1-10(13-20-18-9-21(13)2)19-14(22)17-5-6-23-8-11-3-4-16-12(15)7-11/h3-4,7,9-10H,5-6,8H2,1-2H3,(H2,17,19,22)/t10-/m0/s1. The van der Waals surface area contributed by atoms with Gasteiger partial charge in [0.15, 0.2) is 5.82 Å². The Balaban J connectivity index is 1.62. The number of hydrogen-bond donors (Lipinski definition) is 2. The van der Waals surface area contributed by atoms with Crippen LogP contribution in [0.25, 0.3) is 0 Å². The molecule has 9 heteroatoms. The predicted molar refractivity (Wildman–Crippen MR) is 91.4 cm³/mol. The molecule has 0 aromatic carbocycles. The molecule has 0 saturated carbocycles. The summed E-state index contributed by atoms with van der Waals surface area (Å²) in [6.45, 7) is 2.45. The normalized spacial score (nSPS) is 12.0. The zero-order chi connectivity index (χ0) is 16.7. The topological polar surface area (TPSA) is 84.7 Å². The number of rotatable bonds is 7. The molecule has 0 aliphatic rings. The number of carbonyl (C=O) groups is 1. The molecule has 2 aromatic heterocycles. The Hall–Kier alpha value is -1.80. The van der Waals surface area contributed by atoms with Crippen molar-refractivity contribution in [3.63, 3.8) is 0 Å². The predicted octanol–water partition coefficient (Wildman–Crippen LogP) is 2.16. The highest BCUT2D eigenvalue weighted by Gasteiger charge is 2.13. The van der Waals surface area contributed by atoms with Crippen LogP contribution in [-0.4, -0.2) is 38.1 Å². The molecule has 0 radical (unpaired) electrons. The van der Waals surface area contributed by atoms with Gasteiger partial charge in [0, 0.05) is 31.3 Å². The van der Waals surface area contributed by atoms with Crippen molar-refractivity contribution in [1.82, 2.24) is 30.4 Å². The molecule has 0 saturated heterocycles. The van der Waals surface area contributed by atoms with E-state index in [2.05, 4.69) is 25.8 Å². The van der Waals surface area contributed by atoms with E-state index in [0.717, 1.165) is 17.1 Å². The zero-order valence-corrected chi connectivity index (χ0v) is 14.6. The number of amides is 2. The second kappa shape index (κ2) is 8.73. The summed E-state index contributed by atoms with van der Waals surface area (Å²) in [6.07, 6.45) is 3.30. The minimum absolute atomic E-state index is 0.200. The summed E-state index contributed by atoms with van der Waals surface area (Å²) >= 11 is 7.55. The molecule has 2 amide bonds. The van der Waals surface area contributed by atoms with Gasteiger partial charge < -0.3 is 15.2 Å². The van der Waals surface area contributed by atoms with E-state index in [1.54, 1.807) is 28.9 Å². The summed E-state index contributed by atoms with van der Waals surface area (Å²) in [4.78, 5) is 15.8. The summed E-state index contributed by atoms with van der Waals surface area (Å²) in [5, 5.41) is 13.9. The van der Waals surface area contributed by atoms with E-state index < -0.39 is 0 Å². The van der Waals surface area contributed by atoms with E-state index in [-0.39, 0.29) is 12.1 Å². The van der Waals surface area contributed by atoms with E-state index in [0.29, 0.717) is 17.5 Å². The van der Waals surface area contributed by atoms with Gasteiger partial charge in [0.25, 0.3) is 0 Å². The quantitative estimate of drug-likeness (QED) is 0.588. The molecule has 7 nitrogen and oxygen atoms in total. The number of aryl methyl sites for hydroxylation is 1. The Morgan fingerprint density at radius 3 is 3.04 bits per heavy atom. The van der Waals surface area contributed by atoms with Gasteiger partial charge in [-0.2, -0.15) is 11.8 Å². The first kappa shape index (κ1) is 17.6. The largest absolute Gasteiger partial charge is 0.337 e. The molecule has 0 spiro atoms. The molecule has 124 valence electrons. The number of nitrogens with zero attached hydrogens (tertiary/aromatic N) is 4. The van der Waals surface area contributed by atoms with Crippen LogP contribution in [0.3, 0.4) is 0 Å². The summed E-state index contributed by atoms with van der Waals surface area (Å²) in [6, 6.07) is 3.36. The fraction of sp³-hybridized carbons (Fsp3) is 0.429. The van der Waals surface area contributed by atoms with Crippen molar-refractivity contribution in [2.24, 2.45) is 7.05 Å². The van der Waals surface area contributed by atoms with Crippen molar-refractivity contribution < 1.29 is 4.79 Å². The highest BCUT2D eigenvalue weighted by atomic mass is 35.5. The maximum atomic E-state index is 11.8. The van der Waals surface area contributed by atoms with Gasteiger partial charge in [0.1, 0.15) is 11.5 Å². The van der Waals surface area contributed by atoms with Crippen LogP contribution in [0.2, 0.25) is 5.15 Å². The summed E-state index contributed by atoms with van der Waals surface area (Å²) in [7, 11) is 1.84. The third kappa shape index (κ3) is 5.72. The Kier molecular flexibility index (Phi) is 6.66. The molecule has 0 fully saturated rings. The molecule has 23 heavy (non-hydrogen) atoms. The van der Waals surface area contributed by atoms with Crippen molar-refractivity contribution in [3.05, 3.63) is 41.2 Å². The summed E-state index contributed by atoms with van der Waals surface area (Å²) in [5.41, 5.74) is 1.12. The first-order valence-electron chi connectivity index (χ1n) is 7.12. The van der Waals surface area contributed by atoms with E-state index in [9.17, 15) is 4.79 Å². The lowest BCUT2D eigenvalue weighted by molar-refractivity contribution is 0.238. The Labute approximate surface area is 144 Å². The zero-order valence-electron chi connectivity index (χ0n) is 13.0. The van der Waals surface area contributed by atoms with Crippen molar-refractivity contribution in [3.8, 4) is 0 Å². The smallest absolute Gasteiger partial charge is 0.315 e. The van der Waals surface area contributed by atoms with Crippen LogP contribution >= 0.6 is 23.4 Å². The monoisotopic (exact) mass is 354 g/mol. The number of aromatic nitrogens is 4. The highest BCUT2D eigenvalue weighted by Crippen LogP contribution is 2.14. The van der Waals surface area contributed by atoms with Crippen LogP contribution < -0.4 is 10.6 Å². The molecule has 1 atom stereocenters. The Bertz CT molecular complexity index is 650. The lowest BCUT2D eigenvalue weighted by Gasteiger charge is -2.13. The maximum absolute atomic E-state index is 11.8. The molecule has 2 rings (SSSR count). The fourth-order valence-corrected chi connectivity index (χ4v) is 2.96. The van der Waals surface area contributed by atoms with Crippen molar-refractivity contribution in [1.29, 1.82) is 0 Å². The van der Waals surface area contributed by atoms with Crippen molar-refractivity contribution in [2.45, 2.75) is 18.7 Å². The molecular weight excluding hydrogens is 336 g/mol. The van der Waals surface area contributed by atoms with Crippen LogP contribution in [0.15, 0.2) is 24.7 Å². The van der Waals surface area contributed by atoms with Crippen LogP contribution in [0.1, 0.15) is 24.4 Å². The van der Waals surface area contributed by atoms with E-state index in [1.807, 2.05) is 26.1 Å². The first-order chi connectivity index (χ1) is 11.1. The van der Waals surface area contributed by atoms with Crippen LogP contribution in [-0.2, 0) is 12.8 Å². The number of carbonyl (C=O) groups excluding carboxylic acids is 1. The molecule has 0 bridgehead atoms. The van der Waals surface area contributed by atoms with Gasteiger partial charge in [-0.25, -0.2) is 9.78 Å². The molecule has 2 aromatic rings. The van der Waals surface area contributed by atoms with Gasteiger partial charge >= 0.3 is 6.03 Å². The van der Waals surface area contributed by atoms with E-state index >= 15 is 0 Å².